The molecule has 2 aromatic carbocycles. The van der Waals surface area contributed by atoms with E-state index < -0.39 is 6.17 Å². The molecule has 0 bridgehead atoms. The number of benzene rings is 2. The van der Waals surface area contributed by atoms with Gasteiger partial charge >= 0.3 is 0 Å². The number of ether oxygens (including phenoxy) is 1. The third kappa shape index (κ3) is 3.64. The van der Waals surface area contributed by atoms with Crippen molar-refractivity contribution >= 4 is 23.9 Å². The Labute approximate surface area is 164 Å². The Hall–Kier alpha value is -3.12. The molecule has 3 N–H and O–H groups in total. The fourth-order valence-electron chi connectivity index (χ4n) is 3.21. The van der Waals surface area contributed by atoms with Gasteiger partial charge in [-0.1, -0.05) is 24.3 Å². The molecule has 0 saturated heterocycles. The number of nitrogens with zero attached hydrogens (tertiary/aromatic N) is 2. The highest BCUT2D eigenvalue weighted by Gasteiger charge is 2.27. The smallest absolute Gasteiger partial charge is 0.251 e. The minimum Gasteiger partial charge on any atom is -0.496 e. The zero-order valence-electron chi connectivity index (χ0n) is 16.1. The van der Waals surface area contributed by atoms with Gasteiger partial charge in [0.05, 0.1) is 19.0 Å². The molecule has 6 nitrogen and oxygen atoms in total. The summed E-state index contributed by atoms with van der Waals surface area (Å²) in [7, 11) is 1.65. The van der Waals surface area contributed by atoms with Crippen molar-refractivity contribution < 1.29 is 9.53 Å². The van der Waals surface area contributed by atoms with Gasteiger partial charge in [-0.2, -0.15) is 5.10 Å². The van der Waals surface area contributed by atoms with Gasteiger partial charge in [0.1, 0.15) is 11.9 Å². The molecule has 1 fully saturated rings. The van der Waals surface area contributed by atoms with Crippen LogP contribution < -0.4 is 20.8 Å². The molecule has 1 heterocycles. The van der Waals surface area contributed by atoms with E-state index in [2.05, 4.69) is 10.4 Å². The molecule has 2 aliphatic rings. The van der Waals surface area contributed by atoms with E-state index in [1.165, 1.54) is 0 Å². The van der Waals surface area contributed by atoms with Crippen LogP contribution in [0.2, 0.25) is 0 Å². The van der Waals surface area contributed by atoms with Crippen LogP contribution in [-0.2, 0) is 0 Å². The first kappa shape index (κ1) is 18.3. The lowest BCUT2D eigenvalue weighted by Crippen LogP contribution is -2.36. The number of hydrogen-bond donors (Lipinski definition) is 2. The Morgan fingerprint density at radius 1 is 1.29 bits per heavy atom. The lowest BCUT2D eigenvalue weighted by molar-refractivity contribution is 0.0951. The molecule has 4 rings (SSSR count). The van der Waals surface area contributed by atoms with Gasteiger partial charge in [-0.25, -0.2) is 5.01 Å². The quantitative estimate of drug-likeness (QED) is 0.840. The number of anilines is 1. The molecule has 6 heteroatoms. The largest absolute Gasteiger partial charge is 0.496 e. The second-order valence-electron chi connectivity index (χ2n) is 7.17. The second kappa shape index (κ2) is 7.48. The fraction of sp³-hybridized carbons (Fsp3) is 0.273. The van der Waals surface area contributed by atoms with Gasteiger partial charge < -0.3 is 15.8 Å². The topological polar surface area (TPSA) is 80.0 Å². The van der Waals surface area contributed by atoms with Gasteiger partial charge in [0.2, 0.25) is 0 Å². The van der Waals surface area contributed by atoms with E-state index in [4.69, 9.17) is 10.5 Å². The number of aryl methyl sites for hydroxylation is 1. The highest BCUT2D eigenvalue weighted by molar-refractivity contribution is 5.96. The average molecular weight is 376 g/mol. The van der Waals surface area contributed by atoms with E-state index in [1.54, 1.807) is 18.3 Å². The lowest BCUT2D eigenvalue weighted by atomic mass is 10.1. The molecule has 1 saturated carbocycles. The monoisotopic (exact) mass is 376 g/mol. The van der Waals surface area contributed by atoms with Crippen LogP contribution in [-0.4, -0.2) is 31.4 Å². The number of methoxy groups -OCH3 is 1. The maximum atomic E-state index is 12.4. The third-order valence-electron chi connectivity index (χ3n) is 5.03. The van der Waals surface area contributed by atoms with Gasteiger partial charge in [0.15, 0.2) is 0 Å². The van der Waals surface area contributed by atoms with Crippen LogP contribution in [0.3, 0.4) is 0 Å². The van der Waals surface area contributed by atoms with Crippen LogP contribution in [0, 0.1) is 6.92 Å². The van der Waals surface area contributed by atoms with Crippen molar-refractivity contribution in [1.29, 1.82) is 0 Å². The van der Waals surface area contributed by atoms with Gasteiger partial charge in [-0.05, 0) is 49.6 Å². The standard InChI is InChI=1S/C22H24N4O2/c1-14-7-8-16(22(27)25-18-9-10-18)12-19(14)26-21(23)17(13-24-26)11-15-5-3-4-6-20(15)28-2/h3-8,11-13,18,21H,9-10,23H2,1-2H3,(H,25,27). The van der Waals surface area contributed by atoms with Crippen LogP contribution in [0.25, 0.3) is 6.08 Å². The summed E-state index contributed by atoms with van der Waals surface area (Å²) >= 11 is 0. The van der Waals surface area contributed by atoms with Crippen molar-refractivity contribution in [2.45, 2.75) is 32.0 Å². The maximum Gasteiger partial charge on any atom is 0.251 e. The van der Waals surface area contributed by atoms with E-state index in [1.807, 2.05) is 55.5 Å². The Bertz CT molecular complexity index is 963. The highest BCUT2D eigenvalue weighted by atomic mass is 16.5. The normalized spacial score (nSPS) is 19.9. The summed E-state index contributed by atoms with van der Waals surface area (Å²) in [6, 6.07) is 13.7. The van der Waals surface area contributed by atoms with E-state index >= 15 is 0 Å². The average Bonchev–Trinajstić information content (AvgIpc) is 3.45. The number of hydrogen-bond acceptors (Lipinski definition) is 5. The zero-order chi connectivity index (χ0) is 19.7. The summed E-state index contributed by atoms with van der Waals surface area (Å²) < 4.78 is 5.41. The Morgan fingerprint density at radius 3 is 2.82 bits per heavy atom. The molecule has 1 unspecified atom stereocenters. The number of para-hydroxylation sites is 1. The van der Waals surface area contributed by atoms with E-state index in [-0.39, 0.29) is 5.91 Å². The number of carbonyl (C=O) groups is 1. The van der Waals surface area contributed by atoms with Crippen LogP contribution in [0.15, 0.2) is 53.1 Å². The number of nitrogens with one attached hydrogen (secondary N) is 1. The van der Waals surface area contributed by atoms with Crippen molar-refractivity contribution in [3.8, 4) is 5.75 Å². The third-order valence-corrected chi connectivity index (χ3v) is 5.03. The number of hydrazone groups is 1. The van der Waals surface area contributed by atoms with Crippen molar-refractivity contribution in [3.63, 3.8) is 0 Å². The second-order valence-corrected chi connectivity index (χ2v) is 7.17. The Balaban J connectivity index is 1.60. The lowest BCUT2D eigenvalue weighted by Gasteiger charge is -2.23. The van der Waals surface area contributed by atoms with Crippen LogP contribution in [0.4, 0.5) is 5.69 Å². The number of amides is 1. The molecule has 28 heavy (non-hydrogen) atoms. The maximum absolute atomic E-state index is 12.4. The first-order chi connectivity index (χ1) is 13.6. The van der Waals surface area contributed by atoms with Gasteiger partial charge in [0, 0.05) is 22.7 Å². The molecule has 0 aromatic heterocycles. The minimum atomic E-state index is -0.439. The van der Waals surface area contributed by atoms with Crippen molar-refractivity contribution in [3.05, 3.63) is 64.7 Å². The fourth-order valence-corrected chi connectivity index (χ4v) is 3.21. The van der Waals surface area contributed by atoms with Gasteiger partial charge in [0.25, 0.3) is 5.91 Å². The molecule has 1 aliphatic carbocycles. The molecule has 0 spiro atoms. The summed E-state index contributed by atoms with van der Waals surface area (Å²) in [5.74, 6) is 0.731. The van der Waals surface area contributed by atoms with E-state index in [0.717, 1.165) is 41.0 Å². The molecule has 2 aromatic rings. The molecule has 0 radical (unpaired) electrons. The van der Waals surface area contributed by atoms with Gasteiger partial charge in [-0.3, -0.25) is 4.79 Å². The molecular formula is C22H24N4O2. The molecule has 1 aliphatic heterocycles. The summed E-state index contributed by atoms with van der Waals surface area (Å²) in [4.78, 5) is 12.4. The predicted octanol–water partition coefficient (Wildman–Crippen LogP) is 3.07. The predicted molar refractivity (Wildman–Crippen MR) is 112 cm³/mol. The van der Waals surface area contributed by atoms with Crippen molar-refractivity contribution in [2.75, 3.05) is 12.1 Å². The zero-order valence-corrected chi connectivity index (χ0v) is 16.1. The molecular weight excluding hydrogens is 352 g/mol. The van der Waals surface area contributed by atoms with Crippen LogP contribution >= 0.6 is 0 Å². The van der Waals surface area contributed by atoms with E-state index in [9.17, 15) is 4.79 Å². The van der Waals surface area contributed by atoms with Crippen LogP contribution in [0.1, 0.15) is 34.3 Å². The minimum absolute atomic E-state index is 0.0507. The first-order valence-electron chi connectivity index (χ1n) is 9.42. The summed E-state index contributed by atoms with van der Waals surface area (Å²) in [6.45, 7) is 1.99. The number of rotatable bonds is 5. The first-order valence-corrected chi connectivity index (χ1v) is 9.42. The van der Waals surface area contributed by atoms with E-state index in [0.29, 0.717) is 11.6 Å². The molecule has 144 valence electrons. The number of nitrogens with two attached hydrogens (primary N) is 1. The SMILES string of the molecule is COc1ccccc1C=C1C=NN(c2cc(C(=O)NC3CC3)ccc2C)C1N. The molecule has 1 atom stereocenters. The summed E-state index contributed by atoms with van der Waals surface area (Å²) in [5, 5.41) is 9.27. The highest BCUT2D eigenvalue weighted by Crippen LogP contribution is 2.30. The Morgan fingerprint density at radius 2 is 2.07 bits per heavy atom. The summed E-state index contributed by atoms with van der Waals surface area (Å²) in [6.07, 6.45) is 5.41. The summed E-state index contributed by atoms with van der Waals surface area (Å²) in [5.41, 5.74) is 10.7. The van der Waals surface area contributed by atoms with Crippen molar-refractivity contribution in [1.82, 2.24) is 5.32 Å². The number of carbonyl (C=O) groups excluding carboxylic acids is 1. The molecule has 1 amide bonds. The Kier molecular flexibility index (Phi) is 4.88. The van der Waals surface area contributed by atoms with Crippen LogP contribution in [0.5, 0.6) is 5.75 Å². The van der Waals surface area contributed by atoms with Crippen molar-refractivity contribution in [2.24, 2.45) is 10.8 Å². The van der Waals surface area contributed by atoms with Gasteiger partial charge in [-0.15, -0.1) is 0 Å².